The topological polar surface area (TPSA) is 35.2 Å². The summed E-state index contributed by atoms with van der Waals surface area (Å²) < 4.78 is 5.72. The van der Waals surface area contributed by atoms with Crippen LogP contribution in [0.3, 0.4) is 0 Å². The highest BCUT2D eigenvalue weighted by molar-refractivity contribution is 5.58. The molecule has 0 aromatic heterocycles. The number of rotatable bonds is 3. The molecule has 0 amide bonds. The first-order valence-corrected chi connectivity index (χ1v) is 5.16. The Hall–Kier alpha value is -1.18. The van der Waals surface area contributed by atoms with E-state index >= 15 is 0 Å². The highest BCUT2D eigenvalue weighted by atomic mass is 16.5. The van der Waals surface area contributed by atoms with Gasteiger partial charge >= 0.3 is 0 Å². The third-order valence-electron chi connectivity index (χ3n) is 2.61. The number of benzene rings is 1. The average Bonchev–Trinajstić information content (AvgIpc) is 2.85. The van der Waals surface area contributed by atoms with Gasteiger partial charge < -0.3 is 10.5 Å². The Balaban J connectivity index is 2.13. The first-order chi connectivity index (χ1) is 6.66. The molecule has 1 saturated carbocycles. The third kappa shape index (κ3) is 2.00. The lowest BCUT2D eigenvalue weighted by molar-refractivity contribution is 0.299. The monoisotopic (exact) mass is 191 g/mol. The lowest BCUT2D eigenvalue weighted by Gasteiger charge is -2.12. The van der Waals surface area contributed by atoms with Crippen LogP contribution in [0, 0.1) is 19.8 Å². The molecular weight excluding hydrogens is 174 g/mol. The van der Waals surface area contributed by atoms with Crippen molar-refractivity contribution < 1.29 is 4.74 Å². The second-order valence-electron chi connectivity index (χ2n) is 4.25. The minimum Gasteiger partial charge on any atom is -0.491 e. The van der Waals surface area contributed by atoms with E-state index in [0.717, 1.165) is 29.5 Å². The van der Waals surface area contributed by atoms with E-state index in [-0.39, 0.29) is 0 Å². The molecule has 0 heterocycles. The second-order valence-corrected chi connectivity index (χ2v) is 4.25. The van der Waals surface area contributed by atoms with Crippen molar-refractivity contribution in [1.82, 2.24) is 0 Å². The molecule has 0 radical (unpaired) electrons. The van der Waals surface area contributed by atoms with Crippen LogP contribution >= 0.6 is 0 Å². The quantitative estimate of drug-likeness (QED) is 0.745. The summed E-state index contributed by atoms with van der Waals surface area (Å²) in [6.45, 7) is 4.92. The van der Waals surface area contributed by atoms with Crippen molar-refractivity contribution in [2.45, 2.75) is 26.7 Å². The maximum Gasteiger partial charge on any atom is 0.145 e. The van der Waals surface area contributed by atoms with Crippen LogP contribution in [0.25, 0.3) is 0 Å². The van der Waals surface area contributed by atoms with E-state index in [1.54, 1.807) is 0 Å². The van der Waals surface area contributed by atoms with Crippen LogP contribution in [0.15, 0.2) is 12.1 Å². The molecule has 1 aromatic rings. The third-order valence-corrected chi connectivity index (χ3v) is 2.61. The molecule has 0 atom stereocenters. The van der Waals surface area contributed by atoms with Gasteiger partial charge in [0.15, 0.2) is 0 Å². The summed E-state index contributed by atoms with van der Waals surface area (Å²) in [6, 6.07) is 4.08. The van der Waals surface area contributed by atoms with Gasteiger partial charge in [-0.3, -0.25) is 0 Å². The fourth-order valence-electron chi connectivity index (χ4n) is 1.67. The number of anilines is 1. The maximum atomic E-state index is 5.90. The Labute approximate surface area is 85.1 Å². The summed E-state index contributed by atoms with van der Waals surface area (Å²) in [4.78, 5) is 0. The molecule has 76 valence electrons. The predicted molar refractivity (Wildman–Crippen MR) is 58.5 cm³/mol. The van der Waals surface area contributed by atoms with E-state index in [9.17, 15) is 0 Å². The van der Waals surface area contributed by atoms with Crippen molar-refractivity contribution in [3.05, 3.63) is 23.3 Å². The summed E-state index contributed by atoms with van der Waals surface area (Å²) in [5.74, 6) is 1.65. The molecular formula is C12H17NO. The molecule has 0 spiro atoms. The number of nitrogens with two attached hydrogens (primary N) is 1. The van der Waals surface area contributed by atoms with Crippen LogP contribution in [-0.2, 0) is 0 Å². The summed E-state index contributed by atoms with van der Waals surface area (Å²) >= 11 is 0. The Morgan fingerprint density at radius 1 is 1.36 bits per heavy atom. The Bertz CT molecular complexity index is 319. The molecule has 0 saturated heterocycles. The molecule has 2 N–H and O–H groups in total. The van der Waals surface area contributed by atoms with E-state index in [1.807, 2.05) is 19.9 Å². The second kappa shape index (κ2) is 3.52. The summed E-state index contributed by atoms with van der Waals surface area (Å²) in [6.07, 6.45) is 2.62. The largest absolute Gasteiger partial charge is 0.491 e. The maximum absolute atomic E-state index is 5.90. The molecule has 2 nitrogen and oxygen atoms in total. The molecule has 2 rings (SSSR count). The molecule has 0 aliphatic heterocycles. The van der Waals surface area contributed by atoms with Gasteiger partial charge in [0, 0.05) is 0 Å². The fraction of sp³-hybridized carbons (Fsp3) is 0.500. The number of aryl methyl sites for hydroxylation is 2. The van der Waals surface area contributed by atoms with Gasteiger partial charge in [0.1, 0.15) is 5.75 Å². The summed E-state index contributed by atoms with van der Waals surface area (Å²) in [5, 5.41) is 0. The fourth-order valence-corrected chi connectivity index (χ4v) is 1.67. The SMILES string of the molecule is Cc1cc(C)c(OCC2CC2)c(N)c1. The minimum atomic E-state index is 0.767. The molecule has 2 heteroatoms. The van der Waals surface area contributed by atoms with E-state index in [1.165, 1.54) is 18.4 Å². The van der Waals surface area contributed by atoms with Gasteiger partial charge in [0.25, 0.3) is 0 Å². The Kier molecular flexibility index (Phi) is 2.36. The van der Waals surface area contributed by atoms with Crippen molar-refractivity contribution in [3.63, 3.8) is 0 Å². The molecule has 1 aromatic carbocycles. The lowest BCUT2D eigenvalue weighted by atomic mass is 10.1. The predicted octanol–water partition coefficient (Wildman–Crippen LogP) is 2.67. The van der Waals surface area contributed by atoms with Crippen molar-refractivity contribution in [1.29, 1.82) is 0 Å². The van der Waals surface area contributed by atoms with Crippen LogP contribution in [0.1, 0.15) is 24.0 Å². The number of nitrogen functional groups attached to an aromatic ring is 1. The molecule has 1 aliphatic carbocycles. The number of hydrogen-bond donors (Lipinski definition) is 1. The summed E-state index contributed by atoms with van der Waals surface area (Å²) in [7, 11) is 0. The van der Waals surface area contributed by atoms with E-state index < -0.39 is 0 Å². The highest BCUT2D eigenvalue weighted by Crippen LogP contribution is 2.32. The van der Waals surface area contributed by atoms with Crippen molar-refractivity contribution in [2.24, 2.45) is 5.92 Å². The first-order valence-electron chi connectivity index (χ1n) is 5.16. The van der Waals surface area contributed by atoms with Gasteiger partial charge in [0.05, 0.1) is 12.3 Å². The smallest absolute Gasteiger partial charge is 0.145 e. The molecule has 1 aliphatic rings. The first kappa shape index (κ1) is 9.38. The van der Waals surface area contributed by atoms with Gasteiger partial charge in [-0.15, -0.1) is 0 Å². The minimum absolute atomic E-state index is 0.767. The van der Waals surface area contributed by atoms with Gasteiger partial charge in [-0.2, -0.15) is 0 Å². The van der Waals surface area contributed by atoms with Gasteiger partial charge in [-0.25, -0.2) is 0 Å². The van der Waals surface area contributed by atoms with Crippen LogP contribution in [-0.4, -0.2) is 6.61 Å². The van der Waals surface area contributed by atoms with Crippen LogP contribution < -0.4 is 10.5 Å². The summed E-state index contributed by atoms with van der Waals surface area (Å²) in [5.41, 5.74) is 9.01. The lowest BCUT2D eigenvalue weighted by Crippen LogP contribution is -2.03. The van der Waals surface area contributed by atoms with Gasteiger partial charge in [0.2, 0.25) is 0 Å². The van der Waals surface area contributed by atoms with Crippen LogP contribution in [0.4, 0.5) is 5.69 Å². The Morgan fingerprint density at radius 2 is 2.07 bits per heavy atom. The van der Waals surface area contributed by atoms with Crippen LogP contribution in [0.5, 0.6) is 5.75 Å². The molecule has 0 unspecified atom stereocenters. The number of ether oxygens (including phenoxy) is 1. The van der Waals surface area contributed by atoms with Crippen molar-refractivity contribution in [3.8, 4) is 5.75 Å². The normalized spacial score (nSPS) is 15.6. The average molecular weight is 191 g/mol. The molecule has 0 bridgehead atoms. The van der Waals surface area contributed by atoms with Crippen molar-refractivity contribution >= 4 is 5.69 Å². The van der Waals surface area contributed by atoms with Crippen LogP contribution in [0.2, 0.25) is 0 Å². The van der Waals surface area contributed by atoms with Gasteiger partial charge in [-0.05, 0) is 49.8 Å². The van der Waals surface area contributed by atoms with Crippen molar-refractivity contribution in [2.75, 3.05) is 12.3 Å². The van der Waals surface area contributed by atoms with E-state index in [0.29, 0.717) is 0 Å². The molecule has 1 fully saturated rings. The highest BCUT2D eigenvalue weighted by Gasteiger charge is 2.22. The van der Waals surface area contributed by atoms with E-state index in [4.69, 9.17) is 10.5 Å². The molecule has 14 heavy (non-hydrogen) atoms. The zero-order chi connectivity index (χ0) is 10.1. The number of hydrogen-bond acceptors (Lipinski definition) is 2. The Morgan fingerprint density at radius 3 is 2.64 bits per heavy atom. The van der Waals surface area contributed by atoms with E-state index in [2.05, 4.69) is 6.07 Å². The van der Waals surface area contributed by atoms with Gasteiger partial charge in [-0.1, -0.05) is 6.07 Å². The standard InChI is InChI=1S/C12H17NO/c1-8-5-9(2)12(11(13)6-8)14-7-10-3-4-10/h5-6,10H,3-4,7,13H2,1-2H3. The zero-order valence-electron chi connectivity index (χ0n) is 8.84. The zero-order valence-corrected chi connectivity index (χ0v) is 8.84.